The zero-order chi connectivity index (χ0) is 20.5. The summed E-state index contributed by atoms with van der Waals surface area (Å²) in [5.74, 6) is -0.570. The molecule has 0 aliphatic heterocycles. The van der Waals surface area contributed by atoms with E-state index in [-0.39, 0.29) is 17.8 Å². The van der Waals surface area contributed by atoms with E-state index >= 15 is 0 Å². The van der Waals surface area contributed by atoms with Crippen molar-refractivity contribution in [1.29, 1.82) is 0 Å². The van der Waals surface area contributed by atoms with Crippen molar-refractivity contribution < 1.29 is 9.18 Å². The number of amides is 1. The molecule has 1 N–H and O–H groups in total. The van der Waals surface area contributed by atoms with Gasteiger partial charge in [0.1, 0.15) is 16.5 Å². The molecule has 8 heteroatoms. The summed E-state index contributed by atoms with van der Waals surface area (Å²) in [5, 5.41) is 8.72. The number of carbonyl (C=O) groups excluding carboxylic acids is 1. The molecule has 1 amide bonds. The molecule has 4 rings (SSSR count). The van der Waals surface area contributed by atoms with Gasteiger partial charge in [-0.3, -0.25) is 4.79 Å². The number of fused-ring (bicyclic) bond motifs is 1. The average molecular weight is 409 g/mol. The lowest BCUT2D eigenvalue weighted by molar-refractivity contribution is 0.102. The lowest BCUT2D eigenvalue weighted by Crippen LogP contribution is -2.13. The molecule has 0 radical (unpaired) electrons. The topological polar surface area (TPSA) is 72.7 Å². The summed E-state index contributed by atoms with van der Waals surface area (Å²) >= 11 is 1.32. The van der Waals surface area contributed by atoms with Crippen molar-refractivity contribution in [3.63, 3.8) is 0 Å². The predicted molar refractivity (Wildman–Crippen MR) is 113 cm³/mol. The average Bonchev–Trinajstić information content (AvgIpc) is 3.34. The highest BCUT2D eigenvalue weighted by molar-refractivity contribution is 7.14. The fraction of sp³-hybridized carbons (Fsp3) is 0.238. The van der Waals surface area contributed by atoms with Crippen LogP contribution in [0.25, 0.3) is 22.3 Å². The molecule has 3 heterocycles. The fourth-order valence-electron chi connectivity index (χ4n) is 3.15. The van der Waals surface area contributed by atoms with Crippen LogP contribution >= 0.6 is 11.3 Å². The third-order valence-electron chi connectivity index (χ3n) is 4.86. The van der Waals surface area contributed by atoms with Gasteiger partial charge in [-0.05, 0) is 50.6 Å². The molecule has 0 saturated heterocycles. The maximum Gasteiger partial charge on any atom is 0.257 e. The van der Waals surface area contributed by atoms with Crippen LogP contribution in [0.1, 0.15) is 42.4 Å². The van der Waals surface area contributed by atoms with Gasteiger partial charge in [-0.2, -0.15) is 5.10 Å². The van der Waals surface area contributed by atoms with Gasteiger partial charge in [-0.25, -0.2) is 19.0 Å². The molecule has 0 spiro atoms. The normalized spacial score (nSPS) is 12.3. The van der Waals surface area contributed by atoms with Crippen molar-refractivity contribution in [2.75, 3.05) is 5.32 Å². The molecule has 0 bridgehead atoms. The van der Waals surface area contributed by atoms with Gasteiger partial charge in [0.05, 0.1) is 28.7 Å². The third-order valence-corrected chi connectivity index (χ3v) is 5.60. The smallest absolute Gasteiger partial charge is 0.257 e. The predicted octanol–water partition coefficient (Wildman–Crippen LogP) is 5.23. The number of nitrogens with one attached hydrogen (secondary N) is 1. The van der Waals surface area contributed by atoms with Crippen LogP contribution in [-0.2, 0) is 0 Å². The maximum atomic E-state index is 13.2. The van der Waals surface area contributed by atoms with E-state index in [1.807, 2.05) is 11.6 Å². The van der Waals surface area contributed by atoms with Crippen LogP contribution in [0.4, 0.5) is 9.39 Å². The summed E-state index contributed by atoms with van der Waals surface area (Å²) in [5.41, 5.74) is 4.97. The van der Waals surface area contributed by atoms with Crippen molar-refractivity contribution in [2.24, 2.45) is 0 Å². The largest absolute Gasteiger partial charge is 0.312 e. The van der Waals surface area contributed by atoms with Gasteiger partial charge in [0.15, 0.2) is 5.65 Å². The van der Waals surface area contributed by atoms with Crippen molar-refractivity contribution in [1.82, 2.24) is 19.7 Å². The zero-order valence-electron chi connectivity index (χ0n) is 16.3. The Bertz CT molecular complexity index is 1180. The molecule has 3 aromatic heterocycles. The molecule has 1 unspecified atom stereocenters. The van der Waals surface area contributed by atoms with E-state index < -0.39 is 0 Å². The van der Waals surface area contributed by atoms with Crippen molar-refractivity contribution in [2.45, 2.75) is 33.2 Å². The highest BCUT2D eigenvalue weighted by Crippen LogP contribution is 2.31. The third kappa shape index (κ3) is 3.63. The minimum Gasteiger partial charge on any atom is -0.312 e. The van der Waals surface area contributed by atoms with E-state index in [0.717, 1.165) is 17.7 Å². The second-order valence-corrected chi connectivity index (χ2v) is 7.74. The number of anilines is 1. The minimum absolute atomic E-state index is 0.185. The molecule has 29 heavy (non-hydrogen) atoms. The number of pyridine rings is 1. The molecular formula is C21H20FN5OS. The van der Waals surface area contributed by atoms with Crippen LogP contribution in [0, 0.1) is 12.7 Å². The minimum atomic E-state index is -0.317. The highest BCUT2D eigenvalue weighted by Gasteiger charge is 2.19. The second kappa shape index (κ2) is 7.71. The summed E-state index contributed by atoms with van der Waals surface area (Å²) in [6.07, 6.45) is 2.60. The molecule has 148 valence electrons. The van der Waals surface area contributed by atoms with Gasteiger partial charge in [-0.1, -0.05) is 6.92 Å². The van der Waals surface area contributed by atoms with Crippen LogP contribution in [0.5, 0.6) is 0 Å². The number of rotatable bonds is 5. The van der Waals surface area contributed by atoms with Gasteiger partial charge in [0.2, 0.25) is 0 Å². The van der Waals surface area contributed by atoms with E-state index in [2.05, 4.69) is 34.2 Å². The first-order valence-electron chi connectivity index (χ1n) is 9.33. The Morgan fingerprint density at radius 3 is 2.79 bits per heavy atom. The van der Waals surface area contributed by atoms with Gasteiger partial charge in [-0.15, -0.1) is 11.3 Å². The van der Waals surface area contributed by atoms with Gasteiger partial charge in [0, 0.05) is 11.3 Å². The van der Waals surface area contributed by atoms with Crippen LogP contribution in [-0.4, -0.2) is 25.7 Å². The number of aryl methyl sites for hydroxylation is 1. The first-order chi connectivity index (χ1) is 14.0. The molecule has 0 aliphatic carbocycles. The van der Waals surface area contributed by atoms with E-state index in [9.17, 15) is 9.18 Å². The van der Waals surface area contributed by atoms with Crippen molar-refractivity contribution in [3.8, 4) is 11.3 Å². The fourth-order valence-corrected chi connectivity index (χ4v) is 3.84. The lowest BCUT2D eigenvalue weighted by atomic mass is 10.1. The molecule has 0 aliphatic rings. The Hall–Kier alpha value is -3.13. The Morgan fingerprint density at radius 2 is 2.07 bits per heavy atom. The van der Waals surface area contributed by atoms with Crippen LogP contribution in [0.15, 0.2) is 42.0 Å². The van der Waals surface area contributed by atoms with Gasteiger partial charge in [0.25, 0.3) is 5.91 Å². The number of carbonyl (C=O) groups is 1. The van der Waals surface area contributed by atoms with Crippen LogP contribution < -0.4 is 5.32 Å². The molecular weight excluding hydrogens is 389 g/mol. The van der Waals surface area contributed by atoms with E-state index in [1.165, 1.54) is 23.5 Å². The Balaban J connectivity index is 1.70. The standard InChI is InChI=1S/C21H20FN5OS/c1-4-13(3)27-19-17(10-24-27)16(9-12(2)25-19)20(28)26-21-18(23-11-29-21)14-5-7-15(22)8-6-14/h5-11,13H,4H2,1-3H3,(H,26,28). The number of hydrogen-bond donors (Lipinski definition) is 1. The second-order valence-electron chi connectivity index (χ2n) is 6.89. The number of halogens is 1. The summed E-state index contributed by atoms with van der Waals surface area (Å²) in [6, 6.07) is 7.98. The zero-order valence-corrected chi connectivity index (χ0v) is 17.1. The molecule has 0 saturated carbocycles. The van der Waals surface area contributed by atoms with E-state index in [0.29, 0.717) is 27.3 Å². The first-order valence-corrected chi connectivity index (χ1v) is 10.2. The number of nitrogens with zero attached hydrogens (tertiary/aromatic N) is 4. The Kier molecular flexibility index (Phi) is 5.10. The van der Waals surface area contributed by atoms with E-state index in [4.69, 9.17) is 0 Å². The first kappa shape index (κ1) is 19.2. The number of thiazole rings is 1. The summed E-state index contributed by atoms with van der Waals surface area (Å²) in [6.45, 7) is 6.02. The lowest BCUT2D eigenvalue weighted by Gasteiger charge is -2.11. The number of hydrogen-bond acceptors (Lipinski definition) is 5. The number of benzene rings is 1. The van der Waals surface area contributed by atoms with Crippen molar-refractivity contribution in [3.05, 3.63) is 59.1 Å². The maximum absolute atomic E-state index is 13.2. The molecule has 4 aromatic rings. The summed E-state index contributed by atoms with van der Waals surface area (Å²) in [4.78, 5) is 22.0. The van der Waals surface area contributed by atoms with Crippen LogP contribution in [0.2, 0.25) is 0 Å². The monoisotopic (exact) mass is 409 g/mol. The van der Waals surface area contributed by atoms with Crippen LogP contribution in [0.3, 0.4) is 0 Å². The number of aromatic nitrogens is 4. The van der Waals surface area contributed by atoms with Crippen molar-refractivity contribution >= 4 is 33.3 Å². The molecule has 1 aromatic carbocycles. The van der Waals surface area contributed by atoms with E-state index in [1.54, 1.807) is 29.9 Å². The summed E-state index contributed by atoms with van der Waals surface area (Å²) in [7, 11) is 0. The summed E-state index contributed by atoms with van der Waals surface area (Å²) < 4.78 is 15.1. The van der Waals surface area contributed by atoms with Gasteiger partial charge < -0.3 is 5.32 Å². The SMILES string of the molecule is CCC(C)n1ncc2c(C(=O)Nc3scnc3-c3ccc(F)cc3)cc(C)nc21. The molecule has 6 nitrogen and oxygen atoms in total. The molecule has 0 fully saturated rings. The Morgan fingerprint density at radius 1 is 1.31 bits per heavy atom. The van der Waals surface area contributed by atoms with Gasteiger partial charge >= 0.3 is 0 Å². The molecule has 1 atom stereocenters. The highest BCUT2D eigenvalue weighted by atomic mass is 32.1. The Labute approximate surface area is 171 Å². The quantitative estimate of drug-likeness (QED) is 0.490.